The Bertz CT molecular complexity index is 322. The average Bonchev–Trinajstić information content (AvgIpc) is 2.95. The average molecular weight is 211 g/mol. The first-order valence-electron chi connectivity index (χ1n) is 5.43. The van der Waals surface area contributed by atoms with Gasteiger partial charge >= 0.3 is 0 Å². The molecule has 0 amide bonds. The van der Waals surface area contributed by atoms with Crippen molar-refractivity contribution in [2.75, 3.05) is 6.61 Å². The van der Waals surface area contributed by atoms with Gasteiger partial charge in [-0.3, -0.25) is 0 Å². The summed E-state index contributed by atoms with van der Waals surface area (Å²) in [6, 6.07) is -0.0972. The van der Waals surface area contributed by atoms with Crippen LogP contribution in [0.1, 0.15) is 50.6 Å². The lowest BCUT2D eigenvalue weighted by molar-refractivity contribution is 0.0683. The number of rotatable bonds is 5. The molecular weight excluding hydrogens is 194 g/mol. The minimum absolute atomic E-state index is 0.0972. The maximum absolute atomic E-state index is 5.95. The lowest BCUT2D eigenvalue weighted by Crippen LogP contribution is -2.13. The lowest BCUT2D eigenvalue weighted by atomic mass is 10.2. The van der Waals surface area contributed by atoms with Crippen LogP contribution < -0.4 is 5.73 Å². The summed E-state index contributed by atoms with van der Waals surface area (Å²) in [7, 11) is 0. The van der Waals surface area contributed by atoms with Crippen molar-refractivity contribution in [1.29, 1.82) is 0 Å². The Kier molecular flexibility index (Phi) is 3.02. The van der Waals surface area contributed by atoms with Crippen molar-refractivity contribution in [3.05, 3.63) is 11.7 Å². The normalized spacial score (nSPS) is 20.2. The summed E-state index contributed by atoms with van der Waals surface area (Å²) in [4.78, 5) is 4.26. The van der Waals surface area contributed by atoms with Crippen LogP contribution in [0.5, 0.6) is 0 Å². The molecule has 1 aliphatic rings. The molecule has 1 aromatic heterocycles. The van der Waals surface area contributed by atoms with Crippen molar-refractivity contribution in [1.82, 2.24) is 10.1 Å². The van der Waals surface area contributed by atoms with Gasteiger partial charge in [0.15, 0.2) is 5.82 Å². The fraction of sp³-hybridized carbons (Fsp3) is 0.800. The molecule has 1 heterocycles. The molecule has 84 valence electrons. The van der Waals surface area contributed by atoms with Gasteiger partial charge in [0, 0.05) is 6.61 Å². The highest BCUT2D eigenvalue weighted by Gasteiger charge is 2.33. The van der Waals surface area contributed by atoms with E-state index in [1.165, 1.54) is 12.8 Å². The largest absolute Gasteiger partial charge is 0.371 e. The van der Waals surface area contributed by atoms with Gasteiger partial charge in [0.2, 0.25) is 5.89 Å². The van der Waals surface area contributed by atoms with Crippen LogP contribution in [0.2, 0.25) is 0 Å². The highest BCUT2D eigenvalue weighted by atomic mass is 16.5. The maximum atomic E-state index is 5.95. The zero-order valence-electron chi connectivity index (χ0n) is 9.14. The van der Waals surface area contributed by atoms with Crippen molar-refractivity contribution >= 4 is 0 Å². The van der Waals surface area contributed by atoms with Gasteiger partial charge in [0.1, 0.15) is 6.10 Å². The first-order chi connectivity index (χ1) is 7.22. The summed E-state index contributed by atoms with van der Waals surface area (Å²) >= 11 is 0. The predicted molar refractivity (Wildman–Crippen MR) is 54.0 cm³/mol. The van der Waals surface area contributed by atoms with E-state index in [9.17, 15) is 0 Å². The van der Waals surface area contributed by atoms with Crippen molar-refractivity contribution in [3.63, 3.8) is 0 Å². The van der Waals surface area contributed by atoms with Crippen LogP contribution in [-0.4, -0.2) is 16.7 Å². The van der Waals surface area contributed by atoms with Gasteiger partial charge in [-0.25, -0.2) is 0 Å². The van der Waals surface area contributed by atoms with Crippen molar-refractivity contribution < 1.29 is 9.26 Å². The molecule has 0 saturated heterocycles. The minimum atomic E-state index is -0.126. The topological polar surface area (TPSA) is 74.2 Å². The Labute approximate surface area is 89.0 Å². The van der Waals surface area contributed by atoms with Crippen LogP contribution in [0.3, 0.4) is 0 Å². The van der Waals surface area contributed by atoms with Gasteiger partial charge in [0.25, 0.3) is 0 Å². The molecule has 1 fully saturated rings. The second kappa shape index (κ2) is 4.28. The molecule has 2 rings (SSSR count). The molecule has 2 unspecified atom stereocenters. The molecule has 2 N–H and O–H groups in total. The molecule has 0 spiro atoms. The highest BCUT2D eigenvalue weighted by molar-refractivity contribution is 4.99. The van der Waals surface area contributed by atoms with Crippen LogP contribution in [0.15, 0.2) is 4.52 Å². The van der Waals surface area contributed by atoms with Gasteiger partial charge < -0.3 is 15.0 Å². The second-order valence-electron chi connectivity index (χ2n) is 3.95. The molecule has 1 aliphatic carbocycles. The van der Waals surface area contributed by atoms with Gasteiger partial charge in [-0.05, 0) is 32.6 Å². The fourth-order valence-corrected chi connectivity index (χ4v) is 1.53. The Hall–Kier alpha value is -0.940. The summed E-state index contributed by atoms with van der Waals surface area (Å²) in [5, 5.41) is 3.87. The van der Waals surface area contributed by atoms with E-state index in [1.54, 1.807) is 0 Å². The van der Waals surface area contributed by atoms with Crippen LogP contribution >= 0.6 is 0 Å². The monoisotopic (exact) mass is 211 g/mol. The maximum Gasteiger partial charge on any atom is 0.243 e. The zero-order chi connectivity index (χ0) is 10.8. The number of nitrogens with zero attached hydrogens (tertiary/aromatic N) is 2. The molecule has 1 saturated carbocycles. The van der Waals surface area contributed by atoms with E-state index in [0.717, 1.165) is 0 Å². The lowest BCUT2D eigenvalue weighted by Gasteiger charge is -2.05. The van der Waals surface area contributed by atoms with Crippen LogP contribution in [0.4, 0.5) is 0 Å². The fourth-order valence-electron chi connectivity index (χ4n) is 1.53. The Morgan fingerprint density at radius 1 is 1.60 bits per heavy atom. The SMILES string of the molecule is CCOC(C)c1noc(C(N)C2CC2)n1. The third-order valence-electron chi connectivity index (χ3n) is 2.65. The molecule has 2 atom stereocenters. The summed E-state index contributed by atoms with van der Waals surface area (Å²) in [5.74, 6) is 1.66. The third kappa shape index (κ3) is 2.35. The van der Waals surface area contributed by atoms with Crippen molar-refractivity contribution in [2.45, 2.75) is 38.8 Å². The standard InChI is InChI=1S/C10H17N3O2/c1-3-14-6(2)9-12-10(15-13-9)8(11)7-4-5-7/h6-8H,3-5,11H2,1-2H3. The van der Waals surface area contributed by atoms with Gasteiger partial charge in [-0.2, -0.15) is 4.98 Å². The van der Waals surface area contributed by atoms with Crippen LogP contribution in [0.25, 0.3) is 0 Å². The summed E-state index contributed by atoms with van der Waals surface area (Å²) in [6.07, 6.45) is 2.21. The molecule has 0 aromatic carbocycles. The molecule has 5 nitrogen and oxygen atoms in total. The number of ether oxygens (including phenoxy) is 1. The Morgan fingerprint density at radius 3 is 2.93 bits per heavy atom. The first-order valence-corrected chi connectivity index (χ1v) is 5.43. The Morgan fingerprint density at radius 2 is 2.33 bits per heavy atom. The van der Waals surface area contributed by atoms with Gasteiger partial charge in [-0.1, -0.05) is 5.16 Å². The summed E-state index contributed by atoms with van der Waals surface area (Å²) < 4.78 is 10.5. The van der Waals surface area contributed by atoms with E-state index in [-0.39, 0.29) is 12.1 Å². The Balaban J connectivity index is 2.02. The molecule has 0 bridgehead atoms. The van der Waals surface area contributed by atoms with E-state index >= 15 is 0 Å². The number of aromatic nitrogens is 2. The van der Waals surface area contributed by atoms with Gasteiger partial charge in [0.05, 0.1) is 6.04 Å². The number of hydrogen-bond donors (Lipinski definition) is 1. The summed E-state index contributed by atoms with van der Waals surface area (Å²) in [6.45, 7) is 4.48. The molecule has 0 radical (unpaired) electrons. The molecular formula is C10H17N3O2. The molecule has 1 aromatic rings. The van der Waals surface area contributed by atoms with E-state index < -0.39 is 0 Å². The number of nitrogens with two attached hydrogens (primary N) is 1. The molecule has 15 heavy (non-hydrogen) atoms. The van der Waals surface area contributed by atoms with Crippen molar-refractivity contribution in [2.24, 2.45) is 11.7 Å². The quantitative estimate of drug-likeness (QED) is 0.800. The first kappa shape index (κ1) is 10.6. The van der Waals surface area contributed by atoms with E-state index in [2.05, 4.69) is 10.1 Å². The van der Waals surface area contributed by atoms with E-state index in [4.69, 9.17) is 15.0 Å². The highest BCUT2D eigenvalue weighted by Crippen LogP contribution is 2.38. The second-order valence-corrected chi connectivity index (χ2v) is 3.95. The smallest absolute Gasteiger partial charge is 0.243 e. The van der Waals surface area contributed by atoms with Crippen LogP contribution in [-0.2, 0) is 4.74 Å². The number of hydrogen-bond acceptors (Lipinski definition) is 5. The van der Waals surface area contributed by atoms with E-state index in [0.29, 0.717) is 24.2 Å². The zero-order valence-corrected chi connectivity index (χ0v) is 9.14. The summed E-state index contributed by atoms with van der Waals surface area (Å²) in [5.41, 5.74) is 5.95. The van der Waals surface area contributed by atoms with Crippen molar-refractivity contribution in [3.8, 4) is 0 Å². The molecule has 5 heteroatoms. The third-order valence-corrected chi connectivity index (χ3v) is 2.65. The predicted octanol–water partition coefficient (Wildman–Crippen LogP) is 1.58. The van der Waals surface area contributed by atoms with E-state index in [1.807, 2.05) is 13.8 Å². The van der Waals surface area contributed by atoms with Gasteiger partial charge in [-0.15, -0.1) is 0 Å². The van der Waals surface area contributed by atoms with Crippen LogP contribution in [0, 0.1) is 5.92 Å². The minimum Gasteiger partial charge on any atom is -0.371 e. The molecule has 0 aliphatic heterocycles.